The molecule has 1 rings (SSSR count). The quantitative estimate of drug-likeness (QED) is 0.524. The monoisotopic (exact) mass is 234 g/mol. The molecular formula is C7H7O3PZn. The molecule has 0 aliphatic heterocycles. The van der Waals surface area contributed by atoms with Crippen LogP contribution >= 0.6 is 8.69 Å². The van der Waals surface area contributed by atoms with Gasteiger partial charge in [0.2, 0.25) is 0 Å². The molecule has 1 aromatic carbocycles. The summed E-state index contributed by atoms with van der Waals surface area (Å²) in [6.45, 7) is 0. The van der Waals surface area contributed by atoms with Crippen LogP contribution < -0.4 is 13.8 Å². The van der Waals surface area contributed by atoms with Gasteiger partial charge in [-0.3, -0.25) is 4.57 Å². The van der Waals surface area contributed by atoms with Crippen LogP contribution in [0.4, 0.5) is 0 Å². The number of hydrogen-bond acceptors (Lipinski definition) is 3. The Bertz CT molecular complexity index is 225. The van der Waals surface area contributed by atoms with Gasteiger partial charge in [0.15, 0.2) is 0 Å². The van der Waals surface area contributed by atoms with Crippen molar-refractivity contribution in [3.63, 3.8) is 0 Å². The summed E-state index contributed by atoms with van der Waals surface area (Å²) in [6.07, 6.45) is 0. The Hall–Kier alpha value is -0.297. The number of benzene rings is 1. The Kier molecular flexibility index (Phi) is 7.18. The van der Waals surface area contributed by atoms with Gasteiger partial charge in [-0.15, -0.1) is 0 Å². The van der Waals surface area contributed by atoms with Crippen molar-refractivity contribution in [2.75, 3.05) is 7.11 Å². The molecule has 0 saturated carbocycles. The molecule has 0 aliphatic carbocycles. The van der Waals surface area contributed by atoms with E-state index < -0.39 is 8.69 Å². The average Bonchev–Trinajstić information content (AvgIpc) is 2.07. The summed E-state index contributed by atoms with van der Waals surface area (Å²) >= 11 is 1.21. The largest absolute Gasteiger partial charge is 0.772 e. The van der Waals surface area contributed by atoms with E-state index >= 15 is 0 Å². The molecule has 0 amide bonds. The minimum Gasteiger partial charge on any atom is -0.772 e. The van der Waals surface area contributed by atoms with E-state index in [4.69, 9.17) is 14.2 Å². The smallest absolute Gasteiger partial charge is 0.0642 e. The molecule has 0 radical (unpaired) electrons. The van der Waals surface area contributed by atoms with E-state index in [2.05, 4.69) is 12.1 Å². The summed E-state index contributed by atoms with van der Waals surface area (Å²) in [5.74, 6) is 0.937. The first-order valence-electron chi connectivity index (χ1n) is 3.15. The average molecular weight is 235 g/mol. The third kappa shape index (κ3) is 5.37. The van der Waals surface area contributed by atoms with Crippen LogP contribution in [0.1, 0.15) is 0 Å². The fourth-order valence-electron chi connectivity index (χ4n) is 0.626. The molecule has 0 bridgehead atoms. The molecule has 0 saturated heterocycles. The van der Waals surface area contributed by atoms with Gasteiger partial charge < -0.3 is 4.89 Å². The van der Waals surface area contributed by atoms with Gasteiger partial charge in [-0.2, -0.15) is 0 Å². The van der Waals surface area contributed by atoms with E-state index in [1.165, 1.54) is 22.5 Å². The number of rotatable bonds is 1. The van der Waals surface area contributed by atoms with Crippen LogP contribution in [0.15, 0.2) is 24.3 Å². The molecule has 0 unspecified atom stereocenters. The molecule has 3 nitrogen and oxygen atoms in total. The number of ether oxygens (including phenoxy) is 1. The van der Waals surface area contributed by atoms with Crippen molar-refractivity contribution >= 4 is 12.8 Å². The molecule has 0 atom stereocenters. The Morgan fingerprint density at radius 1 is 1.42 bits per heavy atom. The molecule has 5 heteroatoms. The van der Waals surface area contributed by atoms with Crippen LogP contribution in [0.3, 0.4) is 0 Å². The third-order valence-corrected chi connectivity index (χ3v) is 2.15. The zero-order valence-corrected chi connectivity index (χ0v) is 10.6. The second-order valence-electron chi connectivity index (χ2n) is 1.92. The van der Waals surface area contributed by atoms with Crippen LogP contribution in [0.2, 0.25) is 0 Å². The molecular weight excluding hydrogens is 228 g/mol. The van der Waals surface area contributed by atoms with E-state index in [-0.39, 0.29) is 0 Å². The predicted molar refractivity (Wildman–Crippen MR) is 40.2 cm³/mol. The maximum absolute atomic E-state index is 8.35. The molecule has 12 heavy (non-hydrogen) atoms. The van der Waals surface area contributed by atoms with Crippen LogP contribution in [0, 0.1) is 0 Å². The molecule has 60 valence electrons. The van der Waals surface area contributed by atoms with Crippen molar-refractivity contribution in [3.05, 3.63) is 24.3 Å². The first-order valence-corrected chi connectivity index (χ1v) is 5.37. The summed E-state index contributed by atoms with van der Waals surface area (Å²) in [5, 5.41) is 0. The Labute approximate surface area is 82.7 Å². The molecule has 0 aromatic heterocycles. The van der Waals surface area contributed by atoms with Crippen molar-refractivity contribution in [1.82, 2.24) is 0 Å². The van der Waals surface area contributed by atoms with Gasteiger partial charge in [-0.25, -0.2) is 0 Å². The second kappa shape index (κ2) is 7.36. The van der Waals surface area contributed by atoms with Gasteiger partial charge in [0.1, 0.15) is 0 Å². The van der Waals surface area contributed by atoms with Crippen LogP contribution in [0.5, 0.6) is 5.75 Å². The minimum absolute atomic E-state index is 0.937. The van der Waals surface area contributed by atoms with Gasteiger partial charge in [0.05, 0.1) is 8.69 Å². The SMILES string of the molecule is COc1cc[c]([Zn+])cc1.O=P[O-]. The maximum atomic E-state index is 8.35. The standard InChI is InChI=1S/C7H7O.HO2P.Zn/c1-8-7-5-3-2-4-6-7;1-3-2;/h3-6H,1H3;(H,1,2);/q;;+1/p-1. The van der Waals surface area contributed by atoms with Crippen molar-refractivity contribution in [2.24, 2.45) is 0 Å². The first kappa shape index (κ1) is 11.7. The zero-order valence-electron chi connectivity index (χ0n) is 6.69. The van der Waals surface area contributed by atoms with Crippen molar-refractivity contribution in [3.8, 4) is 5.75 Å². The van der Waals surface area contributed by atoms with Crippen LogP contribution in [0.25, 0.3) is 0 Å². The normalized spacial score (nSPS) is 8.67. The molecule has 0 heterocycles. The van der Waals surface area contributed by atoms with Gasteiger partial charge in [0.25, 0.3) is 0 Å². The summed E-state index contributed by atoms with van der Waals surface area (Å²) in [5.41, 5.74) is 0. The van der Waals surface area contributed by atoms with Crippen molar-refractivity contribution in [1.29, 1.82) is 0 Å². The summed E-state index contributed by atoms with van der Waals surface area (Å²) < 4.78 is 14.7. The van der Waals surface area contributed by atoms with Crippen LogP contribution in [-0.2, 0) is 22.9 Å². The maximum Gasteiger partial charge on any atom is 0.0642 e. The summed E-state index contributed by atoms with van der Waals surface area (Å²) in [4.78, 5) is 8.35. The van der Waals surface area contributed by atoms with E-state index in [1.807, 2.05) is 12.1 Å². The first-order chi connectivity index (χ1) is 5.74. The Morgan fingerprint density at radius 2 is 1.83 bits per heavy atom. The molecule has 0 spiro atoms. The van der Waals surface area contributed by atoms with Gasteiger partial charge in [-0.05, 0) is 0 Å². The number of hydrogen-bond donors (Lipinski definition) is 0. The fourth-order valence-corrected chi connectivity index (χ4v) is 1.12. The van der Waals surface area contributed by atoms with Crippen molar-refractivity contribution < 1.29 is 32.5 Å². The molecule has 0 N–H and O–H groups in total. The van der Waals surface area contributed by atoms with E-state index in [1.54, 1.807) is 7.11 Å². The van der Waals surface area contributed by atoms with Gasteiger partial charge >= 0.3 is 64.3 Å². The topological polar surface area (TPSA) is 49.4 Å². The Balaban J connectivity index is 0.000000354. The second-order valence-corrected chi connectivity index (χ2v) is 3.78. The number of methoxy groups -OCH3 is 1. The minimum atomic E-state index is -1.08. The molecule has 1 aromatic rings. The van der Waals surface area contributed by atoms with Crippen LogP contribution in [-0.4, -0.2) is 7.11 Å². The van der Waals surface area contributed by atoms with Gasteiger partial charge in [-0.1, -0.05) is 0 Å². The Morgan fingerprint density at radius 3 is 2.17 bits per heavy atom. The molecule has 0 aliphatic rings. The third-order valence-electron chi connectivity index (χ3n) is 1.16. The van der Waals surface area contributed by atoms with E-state index in [0.29, 0.717) is 0 Å². The fraction of sp³-hybridized carbons (Fsp3) is 0.143. The van der Waals surface area contributed by atoms with Crippen molar-refractivity contribution in [2.45, 2.75) is 0 Å². The predicted octanol–water partition coefficient (Wildman–Crippen LogP) is 0.421. The summed E-state index contributed by atoms with van der Waals surface area (Å²) in [7, 11) is 0.598. The molecule has 0 fully saturated rings. The van der Waals surface area contributed by atoms with E-state index in [0.717, 1.165) is 5.75 Å². The van der Waals surface area contributed by atoms with E-state index in [9.17, 15) is 0 Å². The zero-order chi connectivity index (χ0) is 9.40. The van der Waals surface area contributed by atoms with Gasteiger partial charge in [0, 0.05) is 0 Å². The summed E-state index contributed by atoms with van der Waals surface area (Å²) in [6, 6.07) is 8.13.